The largest absolute Gasteiger partial charge is 0.481 e. The van der Waals surface area contributed by atoms with Crippen LogP contribution in [0.1, 0.15) is 18.7 Å². The Bertz CT molecular complexity index is 780. The van der Waals surface area contributed by atoms with Gasteiger partial charge in [-0.1, -0.05) is 6.58 Å². The number of nitrogens with one attached hydrogen (secondary N) is 1. The zero-order valence-corrected chi connectivity index (χ0v) is 16.1. The zero-order chi connectivity index (χ0) is 18.8. The van der Waals surface area contributed by atoms with Gasteiger partial charge in [0.1, 0.15) is 11.6 Å². The van der Waals surface area contributed by atoms with E-state index < -0.39 is 0 Å². The molecule has 0 saturated carbocycles. The molecule has 0 aliphatic carbocycles. The summed E-state index contributed by atoms with van der Waals surface area (Å²) in [6.45, 7) is 9.71. The van der Waals surface area contributed by atoms with Crippen LogP contribution in [0, 0.1) is 0 Å². The molecule has 3 aliphatic heterocycles. The van der Waals surface area contributed by atoms with Crippen molar-refractivity contribution in [2.24, 2.45) is 4.99 Å². The molecule has 0 bridgehead atoms. The minimum absolute atomic E-state index is 0.610. The molecule has 0 spiro atoms. The highest BCUT2D eigenvalue weighted by Gasteiger charge is 2.28. The molecule has 8 nitrogen and oxygen atoms in total. The molecule has 0 unspecified atom stereocenters. The average molecular weight is 369 g/mol. The van der Waals surface area contributed by atoms with Crippen molar-refractivity contribution in [1.82, 2.24) is 30.0 Å². The van der Waals surface area contributed by atoms with Crippen molar-refractivity contribution in [2.75, 3.05) is 46.9 Å². The Kier molecular flexibility index (Phi) is 4.98. The van der Waals surface area contributed by atoms with Crippen LogP contribution in [0.4, 0.5) is 0 Å². The quantitative estimate of drug-likeness (QED) is 0.853. The zero-order valence-electron chi connectivity index (χ0n) is 16.1. The molecule has 1 saturated heterocycles. The first-order valence-electron chi connectivity index (χ1n) is 9.46. The second-order valence-electron chi connectivity index (χ2n) is 7.14. The van der Waals surface area contributed by atoms with Gasteiger partial charge in [0.15, 0.2) is 0 Å². The van der Waals surface area contributed by atoms with Crippen molar-refractivity contribution >= 4 is 5.96 Å². The number of hydrogen-bond acceptors (Lipinski definition) is 8. The van der Waals surface area contributed by atoms with Crippen molar-refractivity contribution in [1.29, 1.82) is 0 Å². The highest BCUT2D eigenvalue weighted by Crippen LogP contribution is 2.29. The monoisotopic (exact) mass is 369 g/mol. The number of piperazine rings is 1. The average Bonchev–Trinajstić information content (AvgIpc) is 2.69. The Morgan fingerprint density at radius 3 is 2.81 bits per heavy atom. The summed E-state index contributed by atoms with van der Waals surface area (Å²) in [5.41, 5.74) is 2.25. The Morgan fingerprint density at radius 1 is 1.22 bits per heavy atom. The van der Waals surface area contributed by atoms with Crippen LogP contribution in [0.2, 0.25) is 0 Å². The van der Waals surface area contributed by atoms with Crippen LogP contribution >= 0.6 is 0 Å². The van der Waals surface area contributed by atoms with Crippen LogP contribution < -0.4 is 10.1 Å². The third kappa shape index (κ3) is 3.75. The van der Waals surface area contributed by atoms with Gasteiger partial charge >= 0.3 is 0 Å². The first-order valence-corrected chi connectivity index (χ1v) is 9.46. The highest BCUT2D eigenvalue weighted by molar-refractivity contribution is 5.85. The number of nitrogens with zero attached hydrogens (tertiary/aromatic N) is 6. The lowest BCUT2D eigenvalue weighted by Gasteiger charge is -2.39. The Morgan fingerprint density at radius 2 is 2.04 bits per heavy atom. The summed E-state index contributed by atoms with van der Waals surface area (Å²) in [4.78, 5) is 20.6. The van der Waals surface area contributed by atoms with Gasteiger partial charge < -0.3 is 19.9 Å². The third-order valence-corrected chi connectivity index (χ3v) is 5.32. The van der Waals surface area contributed by atoms with E-state index >= 15 is 0 Å². The van der Waals surface area contributed by atoms with E-state index in [-0.39, 0.29) is 0 Å². The van der Waals surface area contributed by atoms with Gasteiger partial charge in [-0.15, -0.1) is 0 Å². The van der Waals surface area contributed by atoms with Crippen LogP contribution in [0.3, 0.4) is 0 Å². The fourth-order valence-corrected chi connectivity index (χ4v) is 3.76. The number of rotatable bonds is 3. The molecular formula is C19H27N7O. The maximum Gasteiger partial charge on any atom is 0.216 e. The standard InChI is InChI=1S/C19H27N7O/c1-14-15-5-4-8-24(2)18(15)23-19(21-14)26-11-9-25(10-12-26)13-16-20-7-6-17(22-16)27-3/h6-7H,1,4-5,8-13H2,2-3H3,(H,21,23). The van der Waals surface area contributed by atoms with Crippen LogP contribution in [0.15, 0.2) is 40.9 Å². The second-order valence-corrected chi connectivity index (χ2v) is 7.14. The van der Waals surface area contributed by atoms with Crippen LogP contribution in [0.5, 0.6) is 5.88 Å². The van der Waals surface area contributed by atoms with E-state index in [0.717, 1.165) is 75.4 Å². The lowest BCUT2D eigenvalue weighted by molar-refractivity contribution is 0.168. The molecule has 1 N–H and O–H groups in total. The number of allylic oxidation sites excluding steroid dienone is 1. The van der Waals surface area contributed by atoms with E-state index in [1.807, 2.05) is 0 Å². The van der Waals surface area contributed by atoms with Gasteiger partial charge in [-0.3, -0.25) is 4.90 Å². The van der Waals surface area contributed by atoms with Gasteiger partial charge in [-0.25, -0.2) is 4.98 Å². The van der Waals surface area contributed by atoms with Gasteiger partial charge in [0.25, 0.3) is 0 Å². The molecule has 0 radical (unpaired) electrons. The number of ether oxygens (including phenoxy) is 1. The molecule has 0 amide bonds. The van der Waals surface area contributed by atoms with Crippen molar-refractivity contribution in [2.45, 2.75) is 19.4 Å². The fraction of sp³-hybridized carbons (Fsp3) is 0.526. The molecule has 4 rings (SSSR count). The first-order chi connectivity index (χ1) is 13.1. The maximum absolute atomic E-state index is 5.18. The van der Waals surface area contributed by atoms with E-state index in [0.29, 0.717) is 5.88 Å². The topological polar surface area (TPSA) is 69.1 Å². The van der Waals surface area contributed by atoms with Crippen molar-refractivity contribution in [3.8, 4) is 5.88 Å². The van der Waals surface area contributed by atoms with Gasteiger partial charge in [-0.05, 0) is 12.8 Å². The molecule has 8 heteroatoms. The van der Waals surface area contributed by atoms with Crippen molar-refractivity contribution in [3.05, 3.63) is 41.8 Å². The normalized spacial score (nSPS) is 21.0. The molecule has 27 heavy (non-hydrogen) atoms. The number of hydrogen-bond donors (Lipinski definition) is 1. The molecule has 0 aromatic carbocycles. The van der Waals surface area contributed by atoms with Crippen molar-refractivity contribution in [3.63, 3.8) is 0 Å². The van der Waals surface area contributed by atoms with Crippen molar-refractivity contribution < 1.29 is 4.74 Å². The Labute approximate surface area is 160 Å². The third-order valence-electron chi connectivity index (χ3n) is 5.32. The molecule has 3 aliphatic rings. The number of aromatic nitrogens is 2. The van der Waals surface area contributed by atoms with Gasteiger partial charge in [0.2, 0.25) is 11.8 Å². The summed E-state index contributed by atoms with van der Waals surface area (Å²) in [6.07, 6.45) is 3.96. The lowest BCUT2D eigenvalue weighted by atomic mass is 10.0. The van der Waals surface area contributed by atoms with Crippen LogP contribution in [-0.4, -0.2) is 77.5 Å². The summed E-state index contributed by atoms with van der Waals surface area (Å²) >= 11 is 0. The first kappa shape index (κ1) is 17.8. The predicted octanol–water partition coefficient (Wildman–Crippen LogP) is 1.01. The number of methoxy groups -OCH3 is 1. The summed E-state index contributed by atoms with van der Waals surface area (Å²) in [5.74, 6) is 3.40. The SMILES string of the molecule is C=C1NC(N2CCN(Cc3nccc(OC)n3)CC2)=NC2=C1CCCN2C. The maximum atomic E-state index is 5.18. The van der Waals surface area contributed by atoms with Gasteiger partial charge in [-0.2, -0.15) is 9.98 Å². The Balaban J connectivity index is 1.39. The second kappa shape index (κ2) is 7.56. The highest BCUT2D eigenvalue weighted by atomic mass is 16.5. The van der Waals surface area contributed by atoms with E-state index in [4.69, 9.17) is 9.73 Å². The molecule has 1 aromatic heterocycles. The molecule has 0 atom stereocenters. The molecule has 1 fully saturated rings. The summed E-state index contributed by atoms with van der Waals surface area (Å²) < 4.78 is 5.18. The predicted molar refractivity (Wildman–Crippen MR) is 104 cm³/mol. The number of guanidine groups is 1. The van der Waals surface area contributed by atoms with E-state index in [9.17, 15) is 0 Å². The minimum Gasteiger partial charge on any atom is -0.481 e. The molecular weight excluding hydrogens is 342 g/mol. The minimum atomic E-state index is 0.610. The lowest BCUT2D eigenvalue weighted by Crippen LogP contribution is -2.53. The van der Waals surface area contributed by atoms with E-state index in [1.54, 1.807) is 19.4 Å². The molecule has 1 aromatic rings. The number of aliphatic imine (C=N–C) groups is 1. The Hall–Kier alpha value is -2.61. The van der Waals surface area contributed by atoms with E-state index in [2.05, 4.69) is 43.6 Å². The summed E-state index contributed by atoms with van der Waals surface area (Å²) in [5, 5.41) is 3.42. The summed E-state index contributed by atoms with van der Waals surface area (Å²) in [6, 6.07) is 1.77. The smallest absolute Gasteiger partial charge is 0.216 e. The van der Waals surface area contributed by atoms with Gasteiger partial charge in [0.05, 0.1) is 13.7 Å². The fourth-order valence-electron chi connectivity index (χ4n) is 3.76. The molecule has 144 valence electrons. The van der Waals surface area contributed by atoms with Crippen LogP contribution in [0.25, 0.3) is 0 Å². The van der Waals surface area contributed by atoms with Crippen LogP contribution in [-0.2, 0) is 6.54 Å². The summed E-state index contributed by atoms with van der Waals surface area (Å²) in [7, 11) is 3.74. The molecule has 4 heterocycles. The van der Waals surface area contributed by atoms with Gasteiger partial charge in [0, 0.05) is 63.3 Å². The van der Waals surface area contributed by atoms with E-state index in [1.165, 1.54) is 5.57 Å².